The molecule has 1 aromatic carbocycles. The van der Waals surface area contributed by atoms with Crippen molar-refractivity contribution in [3.63, 3.8) is 0 Å². The molecule has 0 saturated heterocycles. The minimum Gasteiger partial charge on any atom is -0.493 e. The maximum absolute atomic E-state index is 5.67. The van der Waals surface area contributed by atoms with Crippen LogP contribution in [0.2, 0.25) is 0 Å². The quantitative estimate of drug-likeness (QED) is 0.658. The number of aryl methyl sites for hydroxylation is 1. The Bertz CT molecular complexity index is 544. The van der Waals surface area contributed by atoms with Gasteiger partial charge in [-0.2, -0.15) is 0 Å². The van der Waals surface area contributed by atoms with Crippen LogP contribution >= 0.6 is 0 Å². The van der Waals surface area contributed by atoms with E-state index in [1.54, 1.807) is 0 Å². The molecule has 1 heterocycles. The highest BCUT2D eigenvalue weighted by Crippen LogP contribution is 2.27. The zero-order valence-corrected chi connectivity index (χ0v) is 13.2. The minimum atomic E-state index is -0.132. The number of hydrogen-bond acceptors (Lipinski definition) is 3. The summed E-state index contributed by atoms with van der Waals surface area (Å²) in [7, 11) is 0. The fourth-order valence-corrected chi connectivity index (χ4v) is 2.50. The van der Waals surface area contributed by atoms with Crippen molar-refractivity contribution in [2.75, 3.05) is 19.8 Å². The highest BCUT2D eigenvalue weighted by Gasteiger charge is 2.10. The Hall–Kier alpha value is -1.52. The fourth-order valence-electron chi connectivity index (χ4n) is 2.50. The van der Waals surface area contributed by atoms with Gasteiger partial charge in [-0.3, -0.25) is 0 Å². The minimum absolute atomic E-state index is 0.132. The third-order valence-corrected chi connectivity index (χ3v) is 3.38. The van der Waals surface area contributed by atoms with Crippen molar-refractivity contribution in [1.29, 1.82) is 0 Å². The molecule has 1 aromatic heterocycles. The average molecular weight is 291 g/mol. The molecular formula is C17H25NO3. The second-order valence-electron chi connectivity index (χ2n) is 4.76. The smallest absolute Gasteiger partial charge is 0.159 e. The van der Waals surface area contributed by atoms with E-state index in [2.05, 4.69) is 22.9 Å². The molecule has 4 nitrogen and oxygen atoms in total. The van der Waals surface area contributed by atoms with Crippen molar-refractivity contribution in [2.45, 2.75) is 40.0 Å². The predicted molar refractivity (Wildman–Crippen MR) is 84.8 cm³/mol. The summed E-state index contributed by atoms with van der Waals surface area (Å²) in [6, 6.07) is 8.27. The van der Waals surface area contributed by atoms with E-state index in [0.717, 1.165) is 24.1 Å². The van der Waals surface area contributed by atoms with E-state index in [1.807, 2.05) is 32.9 Å². The second kappa shape index (κ2) is 8.05. The van der Waals surface area contributed by atoms with Gasteiger partial charge in [0.2, 0.25) is 0 Å². The summed E-state index contributed by atoms with van der Waals surface area (Å²) in [6.45, 7) is 8.88. The molecule has 0 N–H and O–H groups in total. The lowest BCUT2D eigenvalue weighted by atomic mass is 10.2. The summed E-state index contributed by atoms with van der Waals surface area (Å²) >= 11 is 0. The first-order valence-corrected chi connectivity index (χ1v) is 7.74. The summed E-state index contributed by atoms with van der Waals surface area (Å²) < 4.78 is 19.1. The maximum Gasteiger partial charge on any atom is 0.159 e. The van der Waals surface area contributed by atoms with Crippen LogP contribution in [0.25, 0.3) is 10.9 Å². The summed E-state index contributed by atoms with van der Waals surface area (Å²) in [5, 5.41) is 1.16. The van der Waals surface area contributed by atoms with E-state index in [0.29, 0.717) is 19.8 Å². The molecule has 4 heteroatoms. The Morgan fingerprint density at radius 3 is 2.43 bits per heavy atom. The van der Waals surface area contributed by atoms with Crippen molar-refractivity contribution < 1.29 is 14.2 Å². The summed E-state index contributed by atoms with van der Waals surface area (Å²) in [5.41, 5.74) is 1.19. The first kappa shape index (κ1) is 15.9. The molecule has 0 unspecified atom stereocenters. The van der Waals surface area contributed by atoms with Gasteiger partial charge >= 0.3 is 0 Å². The molecule has 0 spiro atoms. The average Bonchev–Trinajstić information content (AvgIpc) is 2.90. The number of rotatable bonds is 9. The van der Waals surface area contributed by atoms with Gasteiger partial charge in [-0.25, -0.2) is 0 Å². The van der Waals surface area contributed by atoms with Crippen molar-refractivity contribution in [2.24, 2.45) is 0 Å². The molecule has 0 bridgehead atoms. The lowest BCUT2D eigenvalue weighted by Gasteiger charge is -2.17. The van der Waals surface area contributed by atoms with Crippen LogP contribution in [0.4, 0.5) is 0 Å². The molecule has 0 saturated carbocycles. The monoisotopic (exact) mass is 291 g/mol. The molecule has 0 aliphatic heterocycles. The van der Waals surface area contributed by atoms with Gasteiger partial charge in [0, 0.05) is 37.8 Å². The number of nitrogens with zero attached hydrogens (tertiary/aromatic N) is 1. The highest BCUT2D eigenvalue weighted by molar-refractivity contribution is 5.86. The third kappa shape index (κ3) is 3.99. The highest BCUT2D eigenvalue weighted by atomic mass is 16.7. The Labute approximate surface area is 126 Å². The Morgan fingerprint density at radius 1 is 1.00 bits per heavy atom. The van der Waals surface area contributed by atoms with Crippen LogP contribution in [-0.4, -0.2) is 30.7 Å². The van der Waals surface area contributed by atoms with E-state index >= 15 is 0 Å². The first-order chi connectivity index (χ1) is 10.3. The van der Waals surface area contributed by atoms with Crippen LogP contribution in [0.3, 0.4) is 0 Å². The van der Waals surface area contributed by atoms with E-state index < -0.39 is 0 Å². The second-order valence-corrected chi connectivity index (χ2v) is 4.76. The van der Waals surface area contributed by atoms with Gasteiger partial charge in [0.25, 0.3) is 0 Å². The van der Waals surface area contributed by atoms with Crippen molar-refractivity contribution >= 4 is 10.9 Å². The summed E-state index contributed by atoms with van der Waals surface area (Å²) in [6.07, 6.45) is 2.81. The molecule has 2 aromatic rings. The molecule has 116 valence electrons. The molecule has 0 radical (unpaired) electrons. The molecule has 0 atom stereocenters. The van der Waals surface area contributed by atoms with Gasteiger partial charge in [-0.05, 0) is 39.0 Å². The zero-order chi connectivity index (χ0) is 15.1. The van der Waals surface area contributed by atoms with E-state index in [9.17, 15) is 0 Å². The van der Waals surface area contributed by atoms with Gasteiger partial charge in [0.15, 0.2) is 6.29 Å². The molecule has 0 aliphatic rings. The predicted octanol–water partition coefficient (Wildman–Crippen LogP) is 3.83. The molecule has 0 amide bonds. The Balaban J connectivity index is 2.10. The molecule has 2 rings (SSSR count). The van der Waals surface area contributed by atoms with Gasteiger partial charge in [-0.1, -0.05) is 6.07 Å². The number of hydrogen-bond donors (Lipinski definition) is 0. The number of aromatic nitrogens is 1. The van der Waals surface area contributed by atoms with E-state index in [-0.39, 0.29) is 6.29 Å². The Kier molecular flexibility index (Phi) is 6.08. The molecule has 21 heavy (non-hydrogen) atoms. The van der Waals surface area contributed by atoms with Crippen LogP contribution < -0.4 is 4.74 Å². The molecule has 0 aliphatic carbocycles. The molecular weight excluding hydrogens is 266 g/mol. The third-order valence-electron chi connectivity index (χ3n) is 3.38. The van der Waals surface area contributed by atoms with Crippen LogP contribution in [0.5, 0.6) is 5.75 Å². The molecule has 0 fully saturated rings. The van der Waals surface area contributed by atoms with Gasteiger partial charge in [0.1, 0.15) is 5.75 Å². The van der Waals surface area contributed by atoms with Crippen LogP contribution in [0, 0.1) is 0 Å². The van der Waals surface area contributed by atoms with Crippen molar-refractivity contribution in [1.82, 2.24) is 4.57 Å². The van der Waals surface area contributed by atoms with Gasteiger partial charge < -0.3 is 18.8 Å². The first-order valence-electron chi connectivity index (χ1n) is 7.74. The van der Waals surface area contributed by atoms with Crippen LogP contribution in [0.1, 0.15) is 27.2 Å². The topological polar surface area (TPSA) is 32.6 Å². The van der Waals surface area contributed by atoms with E-state index in [4.69, 9.17) is 14.2 Å². The van der Waals surface area contributed by atoms with Crippen molar-refractivity contribution in [3.8, 4) is 5.75 Å². The number of fused-ring (bicyclic) bond motifs is 1. The lowest BCUT2D eigenvalue weighted by Crippen LogP contribution is -2.19. The van der Waals surface area contributed by atoms with Crippen LogP contribution in [-0.2, 0) is 16.0 Å². The number of ether oxygens (including phenoxy) is 3. The largest absolute Gasteiger partial charge is 0.493 e. The van der Waals surface area contributed by atoms with E-state index in [1.165, 1.54) is 5.52 Å². The fraction of sp³-hybridized carbons (Fsp3) is 0.529. The SMILES string of the molecule is CCOc1cccc2c1ccn2CCC(OCC)OCC. The standard InChI is InChI=1S/C17H25NO3/c1-4-19-16-9-7-8-15-14(16)10-12-18(15)13-11-17(20-5-2)21-6-3/h7-10,12,17H,4-6,11,13H2,1-3H3. The van der Waals surface area contributed by atoms with Gasteiger partial charge in [0.05, 0.1) is 12.1 Å². The number of benzene rings is 1. The van der Waals surface area contributed by atoms with Crippen LogP contribution in [0.15, 0.2) is 30.5 Å². The zero-order valence-electron chi connectivity index (χ0n) is 13.2. The normalized spacial score (nSPS) is 11.4. The van der Waals surface area contributed by atoms with Crippen molar-refractivity contribution in [3.05, 3.63) is 30.5 Å². The van der Waals surface area contributed by atoms with Gasteiger partial charge in [-0.15, -0.1) is 0 Å². The lowest BCUT2D eigenvalue weighted by molar-refractivity contribution is -0.140. The Morgan fingerprint density at radius 2 is 1.76 bits per heavy atom. The maximum atomic E-state index is 5.67. The summed E-state index contributed by atoms with van der Waals surface area (Å²) in [5.74, 6) is 0.944. The summed E-state index contributed by atoms with van der Waals surface area (Å²) in [4.78, 5) is 0.